The van der Waals surface area contributed by atoms with E-state index in [0.717, 1.165) is 16.8 Å². The molecule has 2 aromatic carbocycles. The molecule has 2 aliphatic heterocycles. The highest BCUT2D eigenvalue weighted by Crippen LogP contribution is 2.54. The topological polar surface area (TPSA) is 91.0 Å². The van der Waals surface area contributed by atoms with Crippen molar-refractivity contribution in [2.24, 2.45) is 7.05 Å². The zero-order valence-electron chi connectivity index (χ0n) is 16.4. The van der Waals surface area contributed by atoms with Crippen LogP contribution in [0.4, 0.5) is 5.69 Å². The Morgan fingerprint density at radius 2 is 2.10 bits per heavy atom. The molecule has 2 unspecified atom stereocenters. The zero-order chi connectivity index (χ0) is 20.9. The molecule has 30 heavy (non-hydrogen) atoms. The third-order valence-corrected chi connectivity index (χ3v) is 6.13. The predicted octanol–water partition coefficient (Wildman–Crippen LogP) is 2.77. The molecule has 2 atom stereocenters. The first-order valence-electron chi connectivity index (χ1n) is 9.75. The van der Waals surface area contributed by atoms with Crippen LogP contribution in [0.5, 0.6) is 0 Å². The number of benzene rings is 2. The fourth-order valence-corrected chi connectivity index (χ4v) is 4.84. The smallest absolute Gasteiger partial charge is 0.254 e. The van der Waals surface area contributed by atoms with Gasteiger partial charge < -0.3 is 10.2 Å². The lowest BCUT2D eigenvalue weighted by molar-refractivity contribution is -0.121. The highest BCUT2D eigenvalue weighted by atomic mass is 16.2. The number of anilines is 1. The van der Waals surface area contributed by atoms with Gasteiger partial charge in [0.05, 0.1) is 23.9 Å². The Labute approximate surface area is 173 Å². The summed E-state index contributed by atoms with van der Waals surface area (Å²) in [6.07, 6.45) is 4.09. The van der Waals surface area contributed by atoms with Crippen molar-refractivity contribution >= 4 is 17.5 Å². The second kappa shape index (κ2) is 6.56. The normalized spacial score (nSPS) is 22.1. The Kier molecular flexibility index (Phi) is 3.97. The van der Waals surface area contributed by atoms with Crippen LogP contribution in [-0.2, 0) is 17.3 Å². The van der Waals surface area contributed by atoms with Crippen LogP contribution in [0.15, 0.2) is 60.9 Å². The zero-order valence-corrected chi connectivity index (χ0v) is 16.4. The van der Waals surface area contributed by atoms with Gasteiger partial charge in [0.15, 0.2) is 0 Å². The molecule has 5 rings (SSSR count). The van der Waals surface area contributed by atoms with E-state index < -0.39 is 11.5 Å². The number of carbonyl (C=O) groups excluding carboxylic acids is 2. The molecular weight excluding hydrogens is 378 g/mol. The van der Waals surface area contributed by atoms with Crippen LogP contribution < -0.4 is 5.32 Å². The second-order valence-corrected chi connectivity index (χ2v) is 7.76. The molecule has 7 heteroatoms. The predicted molar refractivity (Wildman–Crippen MR) is 110 cm³/mol. The van der Waals surface area contributed by atoms with Gasteiger partial charge in [-0.2, -0.15) is 10.4 Å². The molecule has 1 spiro atoms. The van der Waals surface area contributed by atoms with E-state index in [0.29, 0.717) is 24.1 Å². The molecule has 3 aromatic rings. The SMILES string of the molecule is Cn1cc(C2N(C(=O)c3cccc(C#N)c3)CCC23C(=O)Nc2ccccc23)cn1. The second-order valence-electron chi connectivity index (χ2n) is 7.76. The van der Waals surface area contributed by atoms with Crippen LogP contribution in [0.2, 0.25) is 0 Å². The van der Waals surface area contributed by atoms with Gasteiger partial charge in [-0.1, -0.05) is 24.3 Å². The standard InChI is InChI=1S/C23H19N5O2/c1-27-14-17(13-25-27)20-23(18-7-2-3-8-19(18)26-22(23)30)9-10-28(20)21(29)16-6-4-5-15(11-16)12-24/h2-8,11,13-14,20H,9-10H2,1H3,(H,26,30). The molecule has 2 amide bonds. The minimum Gasteiger partial charge on any atom is -0.330 e. The number of carbonyl (C=O) groups is 2. The van der Waals surface area contributed by atoms with Crippen molar-refractivity contribution in [3.8, 4) is 6.07 Å². The summed E-state index contributed by atoms with van der Waals surface area (Å²) in [6.45, 7) is 0.428. The van der Waals surface area contributed by atoms with Crippen molar-refractivity contribution in [3.05, 3.63) is 83.2 Å². The largest absolute Gasteiger partial charge is 0.330 e. The Hall–Kier alpha value is -3.92. The maximum Gasteiger partial charge on any atom is 0.254 e. The summed E-state index contributed by atoms with van der Waals surface area (Å²) in [5.41, 5.74) is 2.50. The van der Waals surface area contributed by atoms with E-state index in [1.54, 1.807) is 40.0 Å². The van der Waals surface area contributed by atoms with Crippen LogP contribution in [0, 0.1) is 11.3 Å². The molecule has 1 N–H and O–H groups in total. The van der Waals surface area contributed by atoms with Gasteiger partial charge >= 0.3 is 0 Å². The van der Waals surface area contributed by atoms with E-state index in [9.17, 15) is 14.9 Å². The Balaban J connectivity index is 1.66. The summed E-state index contributed by atoms with van der Waals surface area (Å²) in [7, 11) is 1.82. The number of amides is 2. The molecule has 2 aliphatic rings. The quantitative estimate of drug-likeness (QED) is 0.720. The first-order valence-corrected chi connectivity index (χ1v) is 9.75. The molecule has 3 heterocycles. The van der Waals surface area contributed by atoms with E-state index in [-0.39, 0.29) is 11.8 Å². The van der Waals surface area contributed by atoms with Crippen LogP contribution in [-0.4, -0.2) is 33.0 Å². The number of nitrogens with zero attached hydrogens (tertiary/aromatic N) is 4. The third kappa shape index (κ3) is 2.47. The van der Waals surface area contributed by atoms with Crippen molar-refractivity contribution in [1.82, 2.24) is 14.7 Å². The lowest BCUT2D eigenvalue weighted by Gasteiger charge is -2.33. The number of likely N-dealkylation sites (tertiary alicyclic amines) is 1. The lowest BCUT2D eigenvalue weighted by atomic mass is 9.73. The van der Waals surface area contributed by atoms with Crippen LogP contribution in [0.3, 0.4) is 0 Å². The fraction of sp³-hybridized carbons (Fsp3) is 0.217. The molecule has 1 aromatic heterocycles. The highest BCUT2D eigenvalue weighted by molar-refractivity contribution is 6.08. The van der Waals surface area contributed by atoms with Crippen LogP contribution >= 0.6 is 0 Å². The summed E-state index contributed by atoms with van der Waals surface area (Å²) in [4.78, 5) is 28.6. The number of rotatable bonds is 2. The van der Waals surface area contributed by atoms with E-state index in [4.69, 9.17) is 0 Å². The van der Waals surface area contributed by atoms with Crippen molar-refractivity contribution in [3.63, 3.8) is 0 Å². The molecule has 0 aliphatic carbocycles. The van der Waals surface area contributed by atoms with Gasteiger partial charge in [0.2, 0.25) is 5.91 Å². The number of nitrogens with one attached hydrogen (secondary N) is 1. The summed E-state index contributed by atoms with van der Waals surface area (Å²) in [5.74, 6) is -0.298. The Morgan fingerprint density at radius 1 is 1.27 bits per heavy atom. The van der Waals surface area contributed by atoms with Crippen molar-refractivity contribution in [2.45, 2.75) is 17.9 Å². The fourth-order valence-electron chi connectivity index (χ4n) is 4.84. The van der Waals surface area contributed by atoms with E-state index in [1.165, 1.54) is 0 Å². The van der Waals surface area contributed by atoms with Gasteiger partial charge in [-0.25, -0.2) is 0 Å². The first kappa shape index (κ1) is 18.1. The van der Waals surface area contributed by atoms with Gasteiger partial charge in [0.1, 0.15) is 5.41 Å². The number of nitriles is 1. The van der Waals surface area contributed by atoms with Gasteiger partial charge in [-0.3, -0.25) is 14.3 Å². The molecule has 1 saturated heterocycles. The molecule has 0 radical (unpaired) electrons. The van der Waals surface area contributed by atoms with Crippen molar-refractivity contribution in [1.29, 1.82) is 5.26 Å². The molecule has 148 valence electrons. The number of hydrogen-bond donors (Lipinski definition) is 1. The Morgan fingerprint density at radius 3 is 2.87 bits per heavy atom. The molecule has 7 nitrogen and oxygen atoms in total. The molecule has 0 saturated carbocycles. The Bertz CT molecular complexity index is 1220. The van der Waals surface area contributed by atoms with E-state index >= 15 is 0 Å². The van der Waals surface area contributed by atoms with E-state index in [1.807, 2.05) is 37.5 Å². The number of aryl methyl sites for hydroxylation is 1. The lowest BCUT2D eigenvalue weighted by Crippen LogP contribution is -2.42. The maximum absolute atomic E-state index is 13.5. The average Bonchev–Trinajstić information content (AvgIpc) is 3.44. The molecule has 0 bridgehead atoms. The average molecular weight is 397 g/mol. The number of hydrogen-bond acceptors (Lipinski definition) is 4. The highest BCUT2D eigenvalue weighted by Gasteiger charge is 2.59. The van der Waals surface area contributed by atoms with Gasteiger partial charge in [0.25, 0.3) is 5.91 Å². The summed E-state index contributed by atoms with van der Waals surface area (Å²) in [5, 5.41) is 16.5. The number of aromatic nitrogens is 2. The van der Waals surface area contributed by atoms with E-state index in [2.05, 4.69) is 16.5 Å². The first-order chi connectivity index (χ1) is 14.5. The monoisotopic (exact) mass is 397 g/mol. The van der Waals surface area contributed by atoms with Gasteiger partial charge in [-0.15, -0.1) is 0 Å². The molecule has 1 fully saturated rings. The minimum atomic E-state index is -0.873. The van der Waals surface area contributed by atoms with Crippen molar-refractivity contribution < 1.29 is 9.59 Å². The van der Waals surface area contributed by atoms with Crippen LogP contribution in [0.25, 0.3) is 0 Å². The van der Waals surface area contributed by atoms with Gasteiger partial charge in [0, 0.05) is 36.6 Å². The van der Waals surface area contributed by atoms with Gasteiger partial charge in [-0.05, 0) is 36.2 Å². The molecular formula is C23H19N5O2. The number of para-hydroxylation sites is 1. The summed E-state index contributed by atoms with van der Waals surface area (Å²) in [6, 6.07) is 15.9. The third-order valence-electron chi connectivity index (χ3n) is 6.13. The number of fused-ring (bicyclic) bond motifs is 2. The van der Waals surface area contributed by atoms with Crippen LogP contribution in [0.1, 0.15) is 39.5 Å². The summed E-state index contributed by atoms with van der Waals surface area (Å²) < 4.78 is 1.68. The summed E-state index contributed by atoms with van der Waals surface area (Å²) >= 11 is 0. The minimum absolute atomic E-state index is 0.0985. The van der Waals surface area contributed by atoms with Crippen molar-refractivity contribution in [2.75, 3.05) is 11.9 Å². The maximum atomic E-state index is 13.5.